The second-order valence-electron chi connectivity index (χ2n) is 11.6. The maximum atomic E-state index is 14.0. The van der Waals surface area contributed by atoms with Crippen molar-refractivity contribution in [3.63, 3.8) is 0 Å². The van der Waals surface area contributed by atoms with Gasteiger partial charge in [-0.05, 0) is 104 Å². The first kappa shape index (κ1) is 33.1. The molecule has 0 N–H and O–H groups in total. The fourth-order valence-corrected chi connectivity index (χ4v) is 8.19. The minimum absolute atomic E-state index is 0.0841. The van der Waals surface area contributed by atoms with E-state index in [0.29, 0.717) is 35.4 Å². The van der Waals surface area contributed by atoms with Crippen LogP contribution in [0.3, 0.4) is 0 Å². The number of halogens is 4. The van der Waals surface area contributed by atoms with Gasteiger partial charge >= 0.3 is 12.2 Å². The second kappa shape index (κ2) is 12.8. The normalized spacial score (nSPS) is 12.2. The number of hydrogen-bond donors (Lipinski definition) is 0. The third-order valence-corrected chi connectivity index (χ3v) is 10.7. The van der Waals surface area contributed by atoms with Gasteiger partial charge in [-0.1, -0.05) is 6.92 Å². The number of rotatable bonds is 10. The molecular formula is C36H28F4N4O2S3. The van der Waals surface area contributed by atoms with E-state index in [4.69, 9.17) is 23.5 Å². The van der Waals surface area contributed by atoms with Gasteiger partial charge in [-0.25, -0.2) is 9.97 Å². The lowest BCUT2D eigenvalue weighted by Crippen LogP contribution is -2.24. The zero-order valence-corrected chi connectivity index (χ0v) is 29.1. The average molecular weight is 721 g/mol. The first-order chi connectivity index (χ1) is 23.4. The van der Waals surface area contributed by atoms with Crippen LogP contribution >= 0.6 is 34.4 Å². The first-order valence-electron chi connectivity index (χ1n) is 15.4. The maximum absolute atomic E-state index is 14.0. The molecule has 0 fully saturated rings. The van der Waals surface area contributed by atoms with Gasteiger partial charge in [0, 0.05) is 37.6 Å². The predicted molar refractivity (Wildman–Crippen MR) is 189 cm³/mol. The van der Waals surface area contributed by atoms with Crippen LogP contribution in [-0.2, 0) is 0 Å². The highest BCUT2D eigenvalue weighted by atomic mass is 32.1. The average Bonchev–Trinajstić information content (AvgIpc) is 3.82. The molecule has 4 aromatic heterocycles. The van der Waals surface area contributed by atoms with E-state index in [1.54, 1.807) is 54.7 Å². The van der Waals surface area contributed by atoms with Crippen molar-refractivity contribution >= 4 is 56.5 Å². The van der Waals surface area contributed by atoms with Crippen molar-refractivity contribution in [2.45, 2.75) is 52.8 Å². The monoisotopic (exact) mass is 720 g/mol. The molecule has 0 amide bonds. The van der Waals surface area contributed by atoms with Crippen LogP contribution in [-0.4, -0.2) is 30.9 Å². The van der Waals surface area contributed by atoms with Crippen LogP contribution in [0, 0.1) is 13.8 Å². The van der Waals surface area contributed by atoms with Gasteiger partial charge in [-0.3, -0.25) is 0 Å². The molecule has 0 atom stereocenters. The Morgan fingerprint density at radius 2 is 1.02 bits per heavy atom. The van der Waals surface area contributed by atoms with Gasteiger partial charge in [0.2, 0.25) is 0 Å². The summed E-state index contributed by atoms with van der Waals surface area (Å²) in [6.07, 6.45) is -6.51. The molecule has 3 aromatic carbocycles. The summed E-state index contributed by atoms with van der Waals surface area (Å²) in [7, 11) is 0. The van der Waals surface area contributed by atoms with Crippen molar-refractivity contribution in [2.75, 3.05) is 0 Å². The molecule has 0 aliphatic heterocycles. The summed E-state index contributed by atoms with van der Waals surface area (Å²) in [6, 6.07) is 21.2. The zero-order chi connectivity index (χ0) is 34.5. The number of hydrogen-bond acceptors (Lipinski definition) is 9. The number of benzene rings is 3. The van der Waals surface area contributed by atoms with E-state index in [1.165, 1.54) is 23.5 Å². The van der Waals surface area contributed by atoms with Crippen LogP contribution in [0.4, 0.5) is 17.6 Å². The standard InChI is InChI=1S/C36H28F4N4O2S3/c1-5-18-36(39,40)46-24-12-8-22(9-13-24)26-15-17-28(48-26)30-32-31(41-19(2)20(3)42-32)29(33-34(30)44-49-43-33)27-16-14-25(47-27)21-6-10-23(11-7-21)45-35(4,37)38/h6-17H,5,18H2,1-4H3. The van der Waals surface area contributed by atoms with Crippen molar-refractivity contribution in [3.8, 4) is 53.3 Å². The first-order valence-corrected chi connectivity index (χ1v) is 17.7. The molecule has 0 spiro atoms. The van der Waals surface area contributed by atoms with Crippen molar-refractivity contribution in [3.05, 3.63) is 84.2 Å². The van der Waals surface area contributed by atoms with Gasteiger partial charge in [-0.15, -0.1) is 22.7 Å². The molecule has 7 aromatic rings. The fourth-order valence-electron chi connectivity index (χ4n) is 5.51. The summed E-state index contributed by atoms with van der Waals surface area (Å²) >= 11 is 4.19. The minimum Gasteiger partial charge on any atom is -0.433 e. The Balaban J connectivity index is 1.29. The summed E-state index contributed by atoms with van der Waals surface area (Å²) in [5.74, 6) is 0.196. The lowest BCUT2D eigenvalue weighted by molar-refractivity contribution is -0.180. The Hall–Kier alpha value is -4.46. The van der Waals surface area contributed by atoms with Gasteiger partial charge in [0.1, 0.15) is 33.6 Å². The molecule has 6 nitrogen and oxygen atoms in total. The lowest BCUT2D eigenvalue weighted by Gasteiger charge is -2.17. The molecule has 250 valence electrons. The van der Waals surface area contributed by atoms with Crippen LogP contribution < -0.4 is 9.47 Å². The van der Waals surface area contributed by atoms with E-state index in [9.17, 15) is 17.6 Å². The van der Waals surface area contributed by atoms with Gasteiger partial charge in [0.05, 0.1) is 29.5 Å². The van der Waals surface area contributed by atoms with E-state index >= 15 is 0 Å². The summed E-state index contributed by atoms with van der Waals surface area (Å²) < 4.78 is 73.8. The van der Waals surface area contributed by atoms with Gasteiger partial charge in [0.25, 0.3) is 0 Å². The van der Waals surface area contributed by atoms with E-state index in [-0.39, 0.29) is 17.9 Å². The van der Waals surface area contributed by atoms with Crippen LogP contribution in [0.15, 0.2) is 72.8 Å². The number of alkyl halides is 4. The molecule has 7 rings (SSSR count). The minimum atomic E-state index is -3.27. The highest BCUT2D eigenvalue weighted by Gasteiger charge is 2.30. The summed E-state index contributed by atoms with van der Waals surface area (Å²) in [5.41, 5.74) is 7.77. The Morgan fingerprint density at radius 3 is 1.45 bits per heavy atom. The number of aromatic nitrogens is 4. The number of thiophene rings is 2. The molecular weight excluding hydrogens is 693 g/mol. The van der Waals surface area contributed by atoms with Crippen LogP contribution in [0.25, 0.3) is 63.8 Å². The van der Waals surface area contributed by atoms with Gasteiger partial charge in [-0.2, -0.15) is 26.3 Å². The van der Waals surface area contributed by atoms with Crippen molar-refractivity contribution in [1.82, 2.24) is 18.7 Å². The van der Waals surface area contributed by atoms with Crippen LogP contribution in [0.1, 0.15) is 38.1 Å². The molecule has 13 heteroatoms. The fraction of sp³-hybridized carbons (Fsp3) is 0.222. The Bertz CT molecular complexity index is 2290. The molecule has 0 saturated heterocycles. The van der Waals surface area contributed by atoms with E-state index in [0.717, 1.165) is 64.9 Å². The Labute approximate surface area is 291 Å². The maximum Gasteiger partial charge on any atom is 0.397 e. The number of ether oxygens (including phenoxy) is 2. The molecule has 4 heterocycles. The highest BCUT2D eigenvalue weighted by Crippen LogP contribution is 2.47. The summed E-state index contributed by atoms with van der Waals surface area (Å²) in [6.45, 7) is 6.24. The number of nitrogens with zero attached hydrogens (tertiary/aromatic N) is 4. The highest BCUT2D eigenvalue weighted by molar-refractivity contribution is 7.19. The molecule has 0 aliphatic carbocycles. The molecule has 0 saturated carbocycles. The molecule has 49 heavy (non-hydrogen) atoms. The van der Waals surface area contributed by atoms with Crippen molar-refractivity contribution in [2.24, 2.45) is 0 Å². The van der Waals surface area contributed by atoms with Crippen LogP contribution in [0.2, 0.25) is 0 Å². The smallest absolute Gasteiger partial charge is 0.397 e. The second-order valence-corrected chi connectivity index (χ2v) is 14.3. The molecule has 0 aliphatic rings. The van der Waals surface area contributed by atoms with Gasteiger partial charge in [0.15, 0.2) is 0 Å². The van der Waals surface area contributed by atoms with Gasteiger partial charge < -0.3 is 9.47 Å². The van der Waals surface area contributed by atoms with Crippen LogP contribution in [0.5, 0.6) is 11.5 Å². The predicted octanol–water partition coefficient (Wildman–Crippen LogP) is 11.8. The van der Waals surface area contributed by atoms with E-state index < -0.39 is 12.2 Å². The SMILES string of the molecule is CCCC(F)(F)Oc1ccc(-c2ccc(-c3c4nsnc4c(-c4ccc(-c5ccc(OC(C)(F)F)cc5)s4)c4nc(C)c(C)nc34)s2)cc1. The summed E-state index contributed by atoms with van der Waals surface area (Å²) in [4.78, 5) is 13.8. The summed E-state index contributed by atoms with van der Waals surface area (Å²) in [5, 5.41) is 0. The number of fused-ring (bicyclic) bond motifs is 2. The van der Waals surface area contributed by atoms with Crippen molar-refractivity contribution < 1.29 is 27.0 Å². The molecule has 0 radical (unpaired) electrons. The topological polar surface area (TPSA) is 70.0 Å². The quantitative estimate of drug-likeness (QED) is 0.131. The zero-order valence-electron chi connectivity index (χ0n) is 26.7. The third kappa shape index (κ3) is 6.75. The Morgan fingerprint density at radius 1 is 0.592 bits per heavy atom. The lowest BCUT2D eigenvalue weighted by atomic mass is 10.0. The Kier molecular flexibility index (Phi) is 8.62. The largest absolute Gasteiger partial charge is 0.433 e. The van der Waals surface area contributed by atoms with Crippen molar-refractivity contribution in [1.29, 1.82) is 0 Å². The van der Waals surface area contributed by atoms with E-state index in [2.05, 4.69) is 4.74 Å². The van der Waals surface area contributed by atoms with E-state index in [1.807, 2.05) is 38.1 Å². The molecule has 0 bridgehead atoms. The third-order valence-electron chi connectivity index (χ3n) is 7.83. The number of aryl methyl sites for hydroxylation is 2. The molecule has 0 unspecified atom stereocenters.